The number of amides is 2. The average molecular weight is 485 g/mol. The first-order chi connectivity index (χ1) is 17.5. The van der Waals surface area contributed by atoms with Crippen molar-refractivity contribution in [2.24, 2.45) is 0 Å². The summed E-state index contributed by atoms with van der Waals surface area (Å²) in [6, 6.07) is 20.0. The van der Waals surface area contributed by atoms with Gasteiger partial charge >= 0.3 is 0 Å². The number of rotatable bonds is 7. The Labute approximate surface area is 211 Å². The van der Waals surface area contributed by atoms with Crippen LogP contribution in [0.5, 0.6) is 5.75 Å². The Kier molecular flexibility index (Phi) is 6.89. The van der Waals surface area contributed by atoms with E-state index in [-0.39, 0.29) is 17.9 Å². The number of aromatic nitrogens is 1. The Balaban J connectivity index is 1.20. The van der Waals surface area contributed by atoms with Crippen LogP contribution in [0.2, 0.25) is 0 Å². The fourth-order valence-electron chi connectivity index (χ4n) is 5.57. The van der Waals surface area contributed by atoms with Crippen LogP contribution in [0.4, 0.5) is 5.82 Å². The Morgan fingerprint density at radius 3 is 2.39 bits per heavy atom. The molecule has 186 valence electrons. The monoisotopic (exact) mass is 484 g/mol. The zero-order valence-corrected chi connectivity index (χ0v) is 20.7. The van der Waals surface area contributed by atoms with Gasteiger partial charge in [-0.1, -0.05) is 36.4 Å². The molecule has 0 spiro atoms. The number of piperidine rings is 1. The molecule has 1 aromatic heterocycles. The third kappa shape index (κ3) is 4.91. The molecule has 0 aliphatic carbocycles. The standard InChI is InChI=1S/C29H32N4O3/c1-19-25(9-6-10-26(19)36-2)29(35)32-22-15-23-12-13-24(16-22)33(23)27-14-11-21(18-30-27)28(34)31-17-20-7-4-3-5-8-20/h3-11,14,18,22-24H,12-13,15-17H2,1-2H3,(H,31,34)(H,32,35)/t22?,23-,24+. The van der Waals surface area contributed by atoms with Gasteiger partial charge in [-0.15, -0.1) is 0 Å². The molecule has 2 saturated heterocycles. The number of hydrogen-bond donors (Lipinski definition) is 2. The Bertz CT molecular complexity index is 1220. The zero-order chi connectivity index (χ0) is 25.1. The summed E-state index contributed by atoms with van der Waals surface area (Å²) in [5, 5.41) is 6.21. The third-order valence-corrected chi connectivity index (χ3v) is 7.39. The molecular formula is C29H32N4O3. The van der Waals surface area contributed by atoms with Crippen molar-refractivity contribution in [2.45, 2.75) is 57.3 Å². The molecule has 3 aromatic rings. The van der Waals surface area contributed by atoms with Crippen molar-refractivity contribution >= 4 is 17.6 Å². The van der Waals surface area contributed by atoms with Gasteiger partial charge in [0.1, 0.15) is 11.6 Å². The highest BCUT2D eigenvalue weighted by molar-refractivity contribution is 5.96. The van der Waals surface area contributed by atoms with Gasteiger partial charge in [-0.2, -0.15) is 0 Å². The quantitative estimate of drug-likeness (QED) is 0.524. The van der Waals surface area contributed by atoms with Crippen LogP contribution in [0.1, 0.15) is 57.5 Å². The van der Waals surface area contributed by atoms with E-state index in [0.29, 0.717) is 29.8 Å². The lowest BCUT2D eigenvalue weighted by Gasteiger charge is -2.40. The molecule has 2 amide bonds. The zero-order valence-electron chi connectivity index (χ0n) is 20.7. The minimum absolute atomic E-state index is 0.0479. The highest BCUT2D eigenvalue weighted by Gasteiger charge is 2.41. The molecule has 2 aliphatic heterocycles. The van der Waals surface area contributed by atoms with E-state index < -0.39 is 0 Å². The minimum Gasteiger partial charge on any atom is -0.496 e. The number of carbonyl (C=O) groups is 2. The second kappa shape index (κ2) is 10.4. The number of anilines is 1. The first-order valence-electron chi connectivity index (χ1n) is 12.5. The topological polar surface area (TPSA) is 83.6 Å². The van der Waals surface area contributed by atoms with Gasteiger partial charge in [-0.3, -0.25) is 9.59 Å². The maximum atomic E-state index is 13.0. The van der Waals surface area contributed by atoms with Crippen molar-refractivity contribution in [1.29, 1.82) is 0 Å². The Morgan fingerprint density at radius 2 is 1.72 bits per heavy atom. The lowest BCUT2D eigenvalue weighted by atomic mass is 9.96. The van der Waals surface area contributed by atoms with E-state index in [1.807, 2.05) is 67.6 Å². The third-order valence-electron chi connectivity index (χ3n) is 7.39. The predicted octanol–water partition coefficient (Wildman–Crippen LogP) is 4.26. The van der Waals surface area contributed by atoms with E-state index in [1.165, 1.54) is 0 Å². The number of fused-ring (bicyclic) bond motifs is 2. The highest BCUT2D eigenvalue weighted by Crippen LogP contribution is 2.38. The smallest absolute Gasteiger partial charge is 0.253 e. The molecule has 3 heterocycles. The molecule has 7 nitrogen and oxygen atoms in total. The van der Waals surface area contributed by atoms with E-state index in [0.717, 1.165) is 48.4 Å². The number of carbonyl (C=O) groups excluding carboxylic acids is 2. The summed E-state index contributed by atoms with van der Waals surface area (Å²) in [7, 11) is 1.62. The van der Waals surface area contributed by atoms with E-state index in [1.54, 1.807) is 13.3 Å². The van der Waals surface area contributed by atoms with Crippen molar-refractivity contribution in [3.63, 3.8) is 0 Å². The van der Waals surface area contributed by atoms with Crippen LogP contribution < -0.4 is 20.3 Å². The highest BCUT2D eigenvalue weighted by atomic mass is 16.5. The summed E-state index contributed by atoms with van der Waals surface area (Å²) >= 11 is 0. The SMILES string of the molecule is COc1cccc(C(=O)NC2C[C@H]3CC[C@@H](C2)N3c2ccc(C(=O)NCc3ccccc3)cn2)c1C. The number of benzene rings is 2. The van der Waals surface area contributed by atoms with Crippen molar-refractivity contribution in [3.8, 4) is 5.75 Å². The molecular weight excluding hydrogens is 452 g/mol. The second-order valence-corrected chi connectivity index (χ2v) is 9.64. The van der Waals surface area contributed by atoms with Crippen LogP contribution >= 0.6 is 0 Å². The van der Waals surface area contributed by atoms with Crippen molar-refractivity contribution in [3.05, 3.63) is 89.1 Å². The average Bonchev–Trinajstić information content (AvgIpc) is 3.18. The maximum absolute atomic E-state index is 13.0. The predicted molar refractivity (Wildman–Crippen MR) is 139 cm³/mol. The number of pyridine rings is 1. The van der Waals surface area contributed by atoms with Gasteiger partial charge in [0.2, 0.25) is 0 Å². The van der Waals surface area contributed by atoms with Crippen molar-refractivity contribution in [1.82, 2.24) is 15.6 Å². The van der Waals surface area contributed by atoms with Crippen molar-refractivity contribution < 1.29 is 14.3 Å². The van der Waals surface area contributed by atoms with Gasteiger partial charge in [0.15, 0.2) is 0 Å². The summed E-state index contributed by atoms with van der Waals surface area (Å²) < 4.78 is 5.37. The lowest BCUT2D eigenvalue weighted by Crippen LogP contribution is -2.50. The van der Waals surface area contributed by atoms with Gasteiger partial charge in [-0.05, 0) is 62.4 Å². The van der Waals surface area contributed by atoms with Crippen LogP contribution in [0.3, 0.4) is 0 Å². The number of methoxy groups -OCH3 is 1. The van der Waals surface area contributed by atoms with Crippen LogP contribution in [0, 0.1) is 6.92 Å². The van der Waals surface area contributed by atoms with Crippen LogP contribution in [-0.4, -0.2) is 42.0 Å². The van der Waals surface area contributed by atoms with Crippen molar-refractivity contribution in [2.75, 3.05) is 12.0 Å². The molecule has 0 saturated carbocycles. The molecule has 5 rings (SSSR count). The molecule has 2 aliphatic rings. The number of ether oxygens (including phenoxy) is 1. The number of hydrogen-bond acceptors (Lipinski definition) is 5. The molecule has 1 unspecified atom stereocenters. The summed E-state index contributed by atoms with van der Waals surface area (Å²) in [5.74, 6) is 1.44. The van der Waals surface area contributed by atoms with Crippen LogP contribution in [0.15, 0.2) is 66.9 Å². The van der Waals surface area contributed by atoms with Gasteiger partial charge < -0.3 is 20.3 Å². The first-order valence-corrected chi connectivity index (χ1v) is 12.5. The molecule has 36 heavy (non-hydrogen) atoms. The fraction of sp³-hybridized carbons (Fsp3) is 0.345. The fourth-order valence-corrected chi connectivity index (χ4v) is 5.57. The second-order valence-electron chi connectivity index (χ2n) is 9.64. The number of nitrogens with zero attached hydrogens (tertiary/aromatic N) is 2. The van der Waals surface area contributed by atoms with Gasteiger partial charge in [-0.25, -0.2) is 4.98 Å². The summed E-state index contributed by atoms with van der Waals surface area (Å²) in [4.78, 5) is 32.6. The van der Waals surface area contributed by atoms with E-state index in [9.17, 15) is 9.59 Å². The maximum Gasteiger partial charge on any atom is 0.253 e. The molecule has 2 fully saturated rings. The van der Waals surface area contributed by atoms with Gasteiger partial charge in [0, 0.05) is 42.0 Å². The Morgan fingerprint density at radius 1 is 0.972 bits per heavy atom. The molecule has 2 aromatic carbocycles. The van der Waals surface area contributed by atoms with E-state index in [2.05, 4.69) is 20.5 Å². The molecule has 2 N–H and O–H groups in total. The van der Waals surface area contributed by atoms with Gasteiger partial charge in [0.25, 0.3) is 11.8 Å². The van der Waals surface area contributed by atoms with E-state index in [4.69, 9.17) is 4.74 Å². The summed E-state index contributed by atoms with van der Waals surface area (Å²) in [6.07, 6.45) is 5.58. The van der Waals surface area contributed by atoms with Crippen LogP contribution in [0.25, 0.3) is 0 Å². The molecule has 7 heteroatoms. The lowest BCUT2D eigenvalue weighted by molar-refractivity contribution is 0.0923. The molecule has 3 atom stereocenters. The molecule has 2 bridgehead atoms. The Hall–Kier alpha value is -3.87. The minimum atomic E-state index is -0.130. The van der Waals surface area contributed by atoms with E-state index >= 15 is 0 Å². The van der Waals surface area contributed by atoms with Crippen LogP contribution in [-0.2, 0) is 6.54 Å². The largest absolute Gasteiger partial charge is 0.496 e. The number of nitrogens with one attached hydrogen (secondary N) is 2. The normalized spacial score (nSPS) is 20.6. The summed E-state index contributed by atoms with van der Waals surface area (Å²) in [6.45, 7) is 2.40. The molecule has 0 radical (unpaired) electrons. The summed E-state index contributed by atoms with van der Waals surface area (Å²) in [5.41, 5.74) is 3.13. The first kappa shape index (κ1) is 23.9. The van der Waals surface area contributed by atoms with Gasteiger partial charge in [0.05, 0.1) is 12.7 Å².